The van der Waals surface area contributed by atoms with Gasteiger partial charge in [0.2, 0.25) is 0 Å². The van der Waals surface area contributed by atoms with Crippen LogP contribution in [-0.2, 0) is 12.8 Å². The van der Waals surface area contributed by atoms with E-state index in [1.165, 1.54) is 12.1 Å². The van der Waals surface area contributed by atoms with Crippen LogP contribution in [0.3, 0.4) is 0 Å². The molecule has 198 valence electrons. The topological polar surface area (TPSA) is 121 Å². The molecule has 0 saturated carbocycles. The van der Waals surface area contributed by atoms with Crippen LogP contribution in [0.4, 0.5) is 0 Å². The highest BCUT2D eigenvalue weighted by Gasteiger charge is 2.21. The Morgan fingerprint density at radius 1 is 0.474 bits per heavy atom. The average Bonchev–Trinajstić information content (AvgIpc) is 2.84. The normalized spacial score (nSPS) is 11.3. The van der Waals surface area contributed by atoms with Crippen molar-refractivity contribution in [3.63, 3.8) is 0 Å². The van der Waals surface area contributed by atoms with Crippen LogP contribution in [0, 0.1) is 27.7 Å². The molecule has 0 heterocycles. The second-order valence-corrected chi connectivity index (χ2v) is 10.3. The van der Waals surface area contributed by atoms with E-state index in [9.17, 15) is 30.6 Å². The van der Waals surface area contributed by atoms with Crippen LogP contribution in [0.2, 0.25) is 0 Å². The lowest BCUT2D eigenvalue weighted by molar-refractivity contribution is 0.435. The molecule has 6 heteroatoms. The molecular weight excluding hydrogens is 480 g/mol. The summed E-state index contributed by atoms with van der Waals surface area (Å²) in [6.07, 6.45) is 0.778. The molecule has 0 amide bonds. The maximum Gasteiger partial charge on any atom is 0.123 e. The second-order valence-electron chi connectivity index (χ2n) is 10.3. The van der Waals surface area contributed by atoms with Gasteiger partial charge in [-0.1, -0.05) is 31.2 Å². The lowest BCUT2D eigenvalue weighted by atomic mass is 9.87. The van der Waals surface area contributed by atoms with E-state index in [1.54, 1.807) is 12.1 Å². The van der Waals surface area contributed by atoms with E-state index in [1.807, 2.05) is 58.9 Å². The van der Waals surface area contributed by atoms with Crippen LogP contribution < -0.4 is 0 Å². The van der Waals surface area contributed by atoms with Crippen molar-refractivity contribution < 1.29 is 30.6 Å². The highest BCUT2D eigenvalue weighted by Crippen LogP contribution is 2.41. The van der Waals surface area contributed by atoms with Gasteiger partial charge in [0.05, 0.1) is 0 Å². The van der Waals surface area contributed by atoms with Gasteiger partial charge in [0.25, 0.3) is 0 Å². The van der Waals surface area contributed by atoms with Gasteiger partial charge in [0.1, 0.15) is 34.5 Å². The summed E-state index contributed by atoms with van der Waals surface area (Å²) in [5, 5.41) is 62.8. The van der Waals surface area contributed by atoms with Crippen molar-refractivity contribution in [3.05, 3.63) is 104 Å². The van der Waals surface area contributed by atoms with Crippen molar-refractivity contribution in [1.82, 2.24) is 0 Å². The van der Waals surface area contributed by atoms with Gasteiger partial charge in [-0.05, 0) is 84.3 Å². The summed E-state index contributed by atoms with van der Waals surface area (Å²) in [7, 11) is 0. The van der Waals surface area contributed by atoms with Gasteiger partial charge in [-0.2, -0.15) is 0 Å². The van der Waals surface area contributed by atoms with Crippen molar-refractivity contribution in [1.29, 1.82) is 0 Å². The van der Waals surface area contributed by atoms with Crippen molar-refractivity contribution >= 4 is 0 Å². The number of aromatic hydroxyl groups is 6. The van der Waals surface area contributed by atoms with Crippen LogP contribution in [0.5, 0.6) is 34.5 Å². The molecule has 0 aromatic heterocycles. The molecule has 0 radical (unpaired) electrons. The SMILES string of the molecule is Cc1cc(Cc2cc(C(C)c3cc(Cc4cc(C)c(O)c(C)c4)c(O)cc3O)c(O)cc2O)cc(C)c1O. The Kier molecular flexibility index (Phi) is 7.18. The first kappa shape index (κ1) is 26.7. The number of benzene rings is 4. The largest absolute Gasteiger partial charge is 0.508 e. The Balaban J connectivity index is 1.71. The lowest BCUT2D eigenvalue weighted by Crippen LogP contribution is -2.02. The fraction of sp³-hybridized carbons (Fsp3) is 0.250. The van der Waals surface area contributed by atoms with E-state index in [0.29, 0.717) is 35.1 Å². The highest BCUT2D eigenvalue weighted by molar-refractivity contribution is 5.56. The Labute approximate surface area is 222 Å². The van der Waals surface area contributed by atoms with E-state index in [0.717, 1.165) is 33.4 Å². The Morgan fingerprint density at radius 2 is 0.789 bits per heavy atom. The molecule has 38 heavy (non-hydrogen) atoms. The van der Waals surface area contributed by atoms with Crippen molar-refractivity contribution in [2.75, 3.05) is 0 Å². The standard InChI is InChI=1S/C32H34O6/c1-16-6-21(7-17(2)31(16)37)10-23-12-25(29(35)14-27(23)33)20(5)26-13-24(28(34)15-30(26)36)11-22-8-18(3)32(38)19(4)9-22/h6-9,12-15,20,33-38H,10-11H2,1-5H3. The fourth-order valence-electron chi connectivity index (χ4n) is 5.16. The maximum atomic E-state index is 10.7. The smallest absolute Gasteiger partial charge is 0.123 e. The first-order valence-corrected chi connectivity index (χ1v) is 12.5. The highest BCUT2D eigenvalue weighted by atomic mass is 16.3. The molecule has 4 aromatic carbocycles. The lowest BCUT2D eigenvalue weighted by Gasteiger charge is -2.20. The zero-order chi connectivity index (χ0) is 27.9. The minimum Gasteiger partial charge on any atom is -0.508 e. The molecule has 0 unspecified atom stereocenters. The first-order valence-electron chi connectivity index (χ1n) is 12.5. The van der Waals surface area contributed by atoms with E-state index >= 15 is 0 Å². The zero-order valence-corrected chi connectivity index (χ0v) is 22.3. The fourth-order valence-corrected chi connectivity index (χ4v) is 5.16. The van der Waals surface area contributed by atoms with Gasteiger partial charge in [-0.3, -0.25) is 0 Å². The zero-order valence-electron chi connectivity index (χ0n) is 22.3. The molecular formula is C32H34O6. The van der Waals surface area contributed by atoms with Crippen molar-refractivity contribution in [3.8, 4) is 34.5 Å². The van der Waals surface area contributed by atoms with E-state index in [-0.39, 0.29) is 34.5 Å². The Hall–Kier alpha value is -4.32. The Morgan fingerprint density at radius 3 is 1.11 bits per heavy atom. The number of hydrogen-bond acceptors (Lipinski definition) is 6. The quantitative estimate of drug-likeness (QED) is 0.175. The monoisotopic (exact) mass is 514 g/mol. The van der Waals surface area contributed by atoms with Gasteiger partial charge in [0, 0.05) is 42.0 Å². The summed E-state index contributed by atoms with van der Waals surface area (Å²) in [5.41, 5.74) is 7.03. The number of aryl methyl sites for hydroxylation is 4. The summed E-state index contributed by atoms with van der Waals surface area (Å²) in [4.78, 5) is 0. The number of phenols is 6. The van der Waals surface area contributed by atoms with E-state index in [2.05, 4.69) is 0 Å². The molecule has 0 saturated heterocycles. The van der Waals surface area contributed by atoms with Crippen LogP contribution in [-0.4, -0.2) is 30.6 Å². The van der Waals surface area contributed by atoms with Crippen molar-refractivity contribution in [2.45, 2.75) is 53.4 Å². The molecule has 0 atom stereocenters. The van der Waals surface area contributed by atoms with E-state index in [4.69, 9.17) is 0 Å². The average molecular weight is 515 g/mol. The van der Waals surface area contributed by atoms with Gasteiger partial charge in [-0.15, -0.1) is 0 Å². The molecule has 0 spiro atoms. The summed E-state index contributed by atoms with van der Waals surface area (Å²) < 4.78 is 0. The van der Waals surface area contributed by atoms with E-state index < -0.39 is 5.92 Å². The number of hydrogen-bond donors (Lipinski definition) is 6. The predicted molar refractivity (Wildman–Crippen MR) is 148 cm³/mol. The molecule has 0 aliphatic heterocycles. The van der Waals surface area contributed by atoms with Gasteiger partial charge in [-0.25, -0.2) is 0 Å². The molecule has 6 N–H and O–H groups in total. The number of phenolic OH excluding ortho intramolecular Hbond substituents is 6. The summed E-state index contributed by atoms with van der Waals surface area (Å²) in [5.74, 6) is -0.263. The van der Waals surface area contributed by atoms with Crippen LogP contribution in [0.1, 0.15) is 68.5 Å². The molecule has 0 aliphatic rings. The third kappa shape index (κ3) is 5.21. The Bertz CT molecular complexity index is 1370. The summed E-state index contributed by atoms with van der Waals surface area (Å²) in [6, 6.07) is 13.5. The van der Waals surface area contributed by atoms with Crippen LogP contribution in [0.15, 0.2) is 48.5 Å². The van der Waals surface area contributed by atoms with Crippen molar-refractivity contribution in [2.24, 2.45) is 0 Å². The molecule has 4 aromatic rings. The summed E-state index contributed by atoms with van der Waals surface area (Å²) >= 11 is 0. The van der Waals surface area contributed by atoms with Crippen LogP contribution >= 0.6 is 0 Å². The maximum absolute atomic E-state index is 10.7. The summed E-state index contributed by atoms with van der Waals surface area (Å²) in [6.45, 7) is 9.13. The molecule has 4 rings (SSSR count). The predicted octanol–water partition coefficient (Wildman–Crippen LogP) is 6.49. The van der Waals surface area contributed by atoms with Gasteiger partial charge >= 0.3 is 0 Å². The third-order valence-corrected chi connectivity index (χ3v) is 7.28. The molecule has 0 fully saturated rings. The minimum atomic E-state index is -0.458. The van der Waals surface area contributed by atoms with Gasteiger partial charge < -0.3 is 30.6 Å². The number of rotatable bonds is 6. The van der Waals surface area contributed by atoms with Crippen LogP contribution in [0.25, 0.3) is 0 Å². The second kappa shape index (κ2) is 10.2. The third-order valence-electron chi connectivity index (χ3n) is 7.28. The molecule has 0 bridgehead atoms. The minimum absolute atomic E-state index is 0.0458. The molecule has 6 nitrogen and oxygen atoms in total. The first-order chi connectivity index (χ1) is 17.8. The molecule has 0 aliphatic carbocycles. The van der Waals surface area contributed by atoms with Gasteiger partial charge in [0.15, 0.2) is 0 Å².